The molecule has 2 nitrogen and oxygen atoms in total. The SMILES string of the molecule is CCN1CC(c2ccccc2)NCC1c1ccccc1. The Morgan fingerprint density at radius 1 is 0.950 bits per heavy atom. The van der Waals surface area contributed by atoms with Crippen LogP contribution in [0.3, 0.4) is 0 Å². The second-order valence-corrected chi connectivity index (χ2v) is 5.39. The summed E-state index contributed by atoms with van der Waals surface area (Å²) >= 11 is 0. The van der Waals surface area contributed by atoms with Gasteiger partial charge in [0.25, 0.3) is 0 Å². The zero-order chi connectivity index (χ0) is 13.8. The van der Waals surface area contributed by atoms with Crippen LogP contribution in [0.15, 0.2) is 60.7 Å². The molecular formula is C18H22N2. The molecule has 20 heavy (non-hydrogen) atoms. The van der Waals surface area contributed by atoms with E-state index in [2.05, 4.69) is 77.8 Å². The fourth-order valence-electron chi connectivity index (χ4n) is 3.07. The average Bonchev–Trinajstić information content (AvgIpc) is 2.56. The molecule has 2 atom stereocenters. The molecule has 2 heteroatoms. The molecule has 0 saturated carbocycles. The zero-order valence-electron chi connectivity index (χ0n) is 12.0. The van der Waals surface area contributed by atoms with E-state index < -0.39 is 0 Å². The Balaban J connectivity index is 1.76. The maximum absolute atomic E-state index is 3.71. The van der Waals surface area contributed by atoms with E-state index in [4.69, 9.17) is 0 Å². The summed E-state index contributed by atoms with van der Waals surface area (Å²) in [5.41, 5.74) is 2.80. The number of benzene rings is 2. The molecule has 2 aromatic carbocycles. The topological polar surface area (TPSA) is 15.3 Å². The first-order valence-corrected chi connectivity index (χ1v) is 7.46. The van der Waals surface area contributed by atoms with Crippen LogP contribution >= 0.6 is 0 Å². The van der Waals surface area contributed by atoms with Gasteiger partial charge in [0.15, 0.2) is 0 Å². The first kappa shape index (κ1) is 13.3. The molecule has 0 amide bonds. The van der Waals surface area contributed by atoms with E-state index in [0.717, 1.165) is 19.6 Å². The van der Waals surface area contributed by atoms with E-state index in [-0.39, 0.29) is 0 Å². The van der Waals surface area contributed by atoms with Gasteiger partial charge in [0.1, 0.15) is 0 Å². The minimum atomic E-state index is 0.441. The van der Waals surface area contributed by atoms with Crippen LogP contribution < -0.4 is 5.32 Å². The van der Waals surface area contributed by atoms with E-state index in [1.54, 1.807) is 0 Å². The quantitative estimate of drug-likeness (QED) is 0.916. The predicted octanol–water partition coefficient (Wildman–Crippen LogP) is 3.39. The highest BCUT2D eigenvalue weighted by molar-refractivity contribution is 5.23. The van der Waals surface area contributed by atoms with Crippen molar-refractivity contribution in [3.8, 4) is 0 Å². The lowest BCUT2D eigenvalue weighted by Gasteiger charge is -2.40. The Hall–Kier alpha value is -1.64. The summed E-state index contributed by atoms with van der Waals surface area (Å²) in [7, 11) is 0. The van der Waals surface area contributed by atoms with Crippen LogP contribution in [-0.2, 0) is 0 Å². The summed E-state index contributed by atoms with van der Waals surface area (Å²) in [6, 6.07) is 22.5. The van der Waals surface area contributed by atoms with Crippen LogP contribution in [0, 0.1) is 0 Å². The van der Waals surface area contributed by atoms with Crippen molar-refractivity contribution in [2.45, 2.75) is 19.0 Å². The largest absolute Gasteiger partial charge is 0.307 e. The number of hydrogen-bond donors (Lipinski definition) is 1. The Labute approximate surface area is 121 Å². The van der Waals surface area contributed by atoms with Crippen LogP contribution in [0.5, 0.6) is 0 Å². The molecule has 1 heterocycles. The lowest BCUT2D eigenvalue weighted by molar-refractivity contribution is 0.137. The van der Waals surface area contributed by atoms with Crippen LogP contribution in [0.4, 0.5) is 0 Å². The molecule has 1 fully saturated rings. The third-order valence-electron chi connectivity index (χ3n) is 4.21. The number of piperazine rings is 1. The van der Waals surface area contributed by atoms with Gasteiger partial charge in [0, 0.05) is 25.2 Å². The van der Waals surface area contributed by atoms with Gasteiger partial charge in [-0.1, -0.05) is 67.6 Å². The van der Waals surface area contributed by atoms with Crippen molar-refractivity contribution in [1.82, 2.24) is 10.2 Å². The normalized spacial score (nSPS) is 23.6. The smallest absolute Gasteiger partial charge is 0.0473 e. The van der Waals surface area contributed by atoms with Gasteiger partial charge in [-0.05, 0) is 17.7 Å². The van der Waals surface area contributed by atoms with Gasteiger partial charge in [-0.3, -0.25) is 4.90 Å². The molecule has 1 saturated heterocycles. The van der Waals surface area contributed by atoms with Crippen molar-refractivity contribution < 1.29 is 0 Å². The summed E-state index contributed by atoms with van der Waals surface area (Å²) in [5, 5.41) is 3.71. The number of hydrogen-bond acceptors (Lipinski definition) is 2. The van der Waals surface area contributed by atoms with Gasteiger partial charge in [-0.25, -0.2) is 0 Å². The predicted molar refractivity (Wildman–Crippen MR) is 83.6 cm³/mol. The molecule has 1 aliphatic rings. The molecule has 0 radical (unpaired) electrons. The van der Waals surface area contributed by atoms with Crippen LogP contribution in [0.25, 0.3) is 0 Å². The van der Waals surface area contributed by atoms with Crippen LogP contribution in [0.1, 0.15) is 30.1 Å². The molecule has 1 aliphatic heterocycles. The standard InChI is InChI=1S/C18H22N2/c1-2-20-14-17(15-9-5-3-6-10-15)19-13-18(20)16-11-7-4-8-12-16/h3-12,17-19H,2,13-14H2,1H3. The van der Waals surface area contributed by atoms with Gasteiger partial charge in [0.05, 0.1) is 0 Å². The van der Waals surface area contributed by atoms with Gasteiger partial charge in [-0.15, -0.1) is 0 Å². The molecule has 0 aromatic heterocycles. The summed E-state index contributed by atoms with van der Waals surface area (Å²) < 4.78 is 0. The highest BCUT2D eigenvalue weighted by Gasteiger charge is 2.28. The molecule has 0 aliphatic carbocycles. The fourth-order valence-corrected chi connectivity index (χ4v) is 3.07. The number of nitrogens with one attached hydrogen (secondary N) is 1. The van der Waals surface area contributed by atoms with Gasteiger partial charge >= 0.3 is 0 Å². The van der Waals surface area contributed by atoms with E-state index in [9.17, 15) is 0 Å². The highest BCUT2D eigenvalue weighted by atomic mass is 15.2. The van der Waals surface area contributed by atoms with Crippen molar-refractivity contribution >= 4 is 0 Å². The first-order valence-electron chi connectivity index (χ1n) is 7.46. The Morgan fingerprint density at radius 3 is 2.15 bits per heavy atom. The lowest BCUT2D eigenvalue weighted by Crippen LogP contribution is -2.47. The molecule has 0 spiro atoms. The van der Waals surface area contributed by atoms with E-state index in [1.807, 2.05) is 0 Å². The van der Waals surface area contributed by atoms with Crippen molar-refractivity contribution in [2.75, 3.05) is 19.6 Å². The fraction of sp³-hybridized carbons (Fsp3) is 0.333. The number of rotatable bonds is 3. The van der Waals surface area contributed by atoms with Gasteiger partial charge in [0.2, 0.25) is 0 Å². The van der Waals surface area contributed by atoms with Crippen LogP contribution in [-0.4, -0.2) is 24.5 Å². The van der Waals surface area contributed by atoms with Gasteiger partial charge in [-0.2, -0.15) is 0 Å². The maximum atomic E-state index is 3.71. The maximum Gasteiger partial charge on any atom is 0.0473 e. The molecule has 2 unspecified atom stereocenters. The lowest BCUT2D eigenvalue weighted by atomic mass is 9.98. The minimum Gasteiger partial charge on any atom is -0.307 e. The number of likely N-dealkylation sites (N-methyl/N-ethyl adjacent to an activating group) is 1. The second-order valence-electron chi connectivity index (χ2n) is 5.39. The highest BCUT2D eigenvalue weighted by Crippen LogP contribution is 2.28. The second kappa shape index (κ2) is 6.21. The van der Waals surface area contributed by atoms with Gasteiger partial charge < -0.3 is 5.32 Å². The minimum absolute atomic E-state index is 0.441. The molecule has 1 N–H and O–H groups in total. The molecule has 3 rings (SSSR count). The average molecular weight is 266 g/mol. The van der Waals surface area contributed by atoms with Crippen molar-refractivity contribution in [2.24, 2.45) is 0 Å². The number of nitrogens with zero attached hydrogens (tertiary/aromatic N) is 1. The van der Waals surface area contributed by atoms with E-state index >= 15 is 0 Å². The molecule has 2 aromatic rings. The summed E-state index contributed by atoms with van der Waals surface area (Å²) in [5.74, 6) is 0. The molecule has 104 valence electrons. The summed E-state index contributed by atoms with van der Waals surface area (Å²) in [6.45, 7) is 5.42. The monoisotopic (exact) mass is 266 g/mol. The Kier molecular flexibility index (Phi) is 4.14. The zero-order valence-corrected chi connectivity index (χ0v) is 12.0. The van der Waals surface area contributed by atoms with Crippen molar-refractivity contribution in [3.05, 3.63) is 71.8 Å². The molecule has 0 bridgehead atoms. The van der Waals surface area contributed by atoms with Crippen molar-refractivity contribution in [3.63, 3.8) is 0 Å². The Morgan fingerprint density at radius 2 is 1.55 bits per heavy atom. The third-order valence-corrected chi connectivity index (χ3v) is 4.21. The molecular weight excluding hydrogens is 244 g/mol. The first-order chi connectivity index (χ1) is 9.88. The van der Waals surface area contributed by atoms with E-state index in [0.29, 0.717) is 12.1 Å². The summed E-state index contributed by atoms with van der Waals surface area (Å²) in [6.07, 6.45) is 0. The summed E-state index contributed by atoms with van der Waals surface area (Å²) in [4.78, 5) is 2.57. The Bertz CT molecular complexity index is 524. The van der Waals surface area contributed by atoms with Crippen LogP contribution in [0.2, 0.25) is 0 Å². The van der Waals surface area contributed by atoms with Crippen molar-refractivity contribution in [1.29, 1.82) is 0 Å². The third kappa shape index (κ3) is 2.77. The van der Waals surface area contributed by atoms with E-state index in [1.165, 1.54) is 11.1 Å².